The van der Waals surface area contributed by atoms with Crippen molar-refractivity contribution < 1.29 is 4.79 Å². The molecule has 0 bridgehead atoms. The molecule has 2 aromatic heterocycles. The number of anilines is 2. The fraction of sp³-hybridized carbons (Fsp3) is 0.360. The van der Waals surface area contributed by atoms with Crippen molar-refractivity contribution in [2.24, 2.45) is 11.3 Å². The highest BCUT2D eigenvalue weighted by atomic mass is 35.5. The van der Waals surface area contributed by atoms with Crippen LogP contribution in [0.25, 0.3) is 10.8 Å². The Morgan fingerprint density at radius 2 is 1.94 bits per heavy atom. The smallest absolute Gasteiger partial charge is 0.229 e. The average molecular weight is 446 g/mol. The van der Waals surface area contributed by atoms with E-state index in [-0.39, 0.29) is 23.2 Å². The molecule has 5 rings (SSSR count). The van der Waals surface area contributed by atoms with Crippen LogP contribution < -0.4 is 10.2 Å². The molecule has 2 fully saturated rings. The number of benzene rings is 1. The second-order valence-electron chi connectivity index (χ2n) is 9.02. The third-order valence-corrected chi connectivity index (χ3v) is 7.03. The van der Waals surface area contributed by atoms with Crippen LogP contribution in [0.3, 0.4) is 0 Å². The number of fused-ring (bicyclic) bond motifs is 1. The molecule has 1 aliphatic carbocycles. The van der Waals surface area contributed by atoms with Crippen molar-refractivity contribution in [3.05, 3.63) is 53.7 Å². The van der Waals surface area contributed by atoms with E-state index in [2.05, 4.69) is 44.1 Å². The number of nitrogens with one attached hydrogen (secondary N) is 1. The summed E-state index contributed by atoms with van der Waals surface area (Å²) in [5.74, 6) is 3.56. The standard InChI is InChI=1S/C25H24ClN5O/c1-3-25(2)4-6-31(7-5-25)22-9-16-10-23(29-14-17(16)8-21(22)26)30-24(32)20-11-19(20)18-12-27-15-28-13-18/h1,8-10,12-15,19-20H,4-7,11H2,2H3,(H,29,30,32)/t19-,20+/m1/s1. The zero-order valence-corrected chi connectivity index (χ0v) is 18.6. The van der Waals surface area contributed by atoms with Crippen molar-refractivity contribution in [2.75, 3.05) is 23.3 Å². The number of nitrogens with zero attached hydrogens (tertiary/aromatic N) is 4. The van der Waals surface area contributed by atoms with Gasteiger partial charge in [0.15, 0.2) is 0 Å². The van der Waals surface area contributed by atoms with Gasteiger partial charge in [0.25, 0.3) is 0 Å². The van der Waals surface area contributed by atoms with Gasteiger partial charge in [-0.05, 0) is 61.3 Å². The highest BCUT2D eigenvalue weighted by Crippen LogP contribution is 2.47. The molecule has 1 aliphatic heterocycles. The Kier molecular flexibility index (Phi) is 5.22. The van der Waals surface area contributed by atoms with Gasteiger partial charge in [0, 0.05) is 48.4 Å². The normalized spacial score (nSPS) is 21.7. The minimum atomic E-state index is -0.0712. The average Bonchev–Trinajstić information content (AvgIpc) is 3.61. The number of amides is 1. The van der Waals surface area contributed by atoms with E-state index in [9.17, 15) is 4.79 Å². The van der Waals surface area contributed by atoms with E-state index >= 15 is 0 Å². The Balaban J connectivity index is 1.32. The lowest BCUT2D eigenvalue weighted by Gasteiger charge is -2.37. The predicted octanol–water partition coefficient (Wildman–Crippen LogP) is 4.66. The third-order valence-electron chi connectivity index (χ3n) is 6.73. The molecule has 1 saturated carbocycles. The molecule has 3 heterocycles. The van der Waals surface area contributed by atoms with E-state index in [1.165, 1.54) is 6.33 Å². The van der Waals surface area contributed by atoms with E-state index in [0.29, 0.717) is 10.8 Å². The third kappa shape index (κ3) is 4.01. The van der Waals surface area contributed by atoms with Gasteiger partial charge in [0.05, 0.1) is 10.7 Å². The number of aromatic nitrogens is 3. The number of rotatable bonds is 4. The second kappa shape index (κ2) is 8.07. The van der Waals surface area contributed by atoms with E-state index in [1.807, 2.05) is 12.1 Å². The fourth-order valence-electron chi connectivity index (χ4n) is 4.42. The number of pyridine rings is 1. The first-order chi connectivity index (χ1) is 15.5. The molecule has 7 heteroatoms. The summed E-state index contributed by atoms with van der Waals surface area (Å²) in [6.07, 6.45) is 15.2. The van der Waals surface area contributed by atoms with E-state index in [0.717, 1.165) is 54.4 Å². The number of hydrogen-bond acceptors (Lipinski definition) is 5. The van der Waals surface area contributed by atoms with E-state index in [1.54, 1.807) is 18.6 Å². The molecule has 3 aromatic rings. The molecular weight excluding hydrogens is 422 g/mol. The minimum absolute atomic E-state index is 0.0236. The first-order valence-corrected chi connectivity index (χ1v) is 11.2. The number of halogens is 1. The molecule has 162 valence electrons. The number of carbonyl (C=O) groups excluding carboxylic acids is 1. The van der Waals surface area contributed by atoms with Crippen molar-refractivity contribution >= 4 is 39.8 Å². The lowest BCUT2D eigenvalue weighted by atomic mass is 9.81. The zero-order valence-electron chi connectivity index (χ0n) is 17.9. The molecular formula is C25H24ClN5O. The molecule has 1 N–H and O–H groups in total. The lowest BCUT2D eigenvalue weighted by Crippen LogP contribution is -2.38. The maximum atomic E-state index is 12.7. The molecule has 0 radical (unpaired) electrons. The van der Waals surface area contributed by atoms with Crippen LogP contribution in [0.4, 0.5) is 11.5 Å². The van der Waals surface area contributed by atoms with Crippen LogP contribution in [0.5, 0.6) is 0 Å². The van der Waals surface area contributed by atoms with Gasteiger partial charge in [0.2, 0.25) is 5.91 Å². The number of piperidine rings is 1. The van der Waals surface area contributed by atoms with Crippen molar-refractivity contribution in [1.82, 2.24) is 15.0 Å². The molecule has 1 amide bonds. The summed E-state index contributed by atoms with van der Waals surface area (Å²) in [6, 6.07) is 5.92. The van der Waals surface area contributed by atoms with Crippen molar-refractivity contribution in [1.29, 1.82) is 0 Å². The van der Waals surface area contributed by atoms with Crippen molar-refractivity contribution in [2.45, 2.75) is 32.1 Å². The summed E-state index contributed by atoms with van der Waals surface area (Å²) in [6.45, 7) is 3.88. The van der Waals surface area contributed by atoms with Crippen LogP contribution in [0.1, 0.15) is 37.7 Å². The Hall–Kier alpha value is -3.17. The Labute approximate surface area is 192 Å². The van der Waals surface area contributed by atoms with Crippen LogP contribution >= 0.6 is 11.6 Å². The summed E-state index contributed by atoms with van der Waals surface area (Å²) < 4.78 is 0. The molecule has 2 atom stereocenters. The molecule has 1 saturated heterocycles. The van der Waals surface area contributed by atoms with Gasteiger partial charge < -0.3 is 10.2 Å². The van der Waals surface area contributed by atoms with Gasteiger partial charge in [-0.2, -0.15) is 0 Å². The molecule has 6 nitrogen and oxygen atoms in total. The summed E-state index contributed by atoms with van der Waals surface area (Å²) in [5, 5.41) is 5.60. The van der Waals surface area contributed by atoms with E-state index < -0.39 is 0 Å². The Bertz CT molecular complexity index is 1210. The fourth-order valence-corrected chi connectivity index (χ4v) is 4.72. The van der Waals surface area contributed by atoms with Gasteiger partial charge in [-0.1, -0.05) is 11.6 Å². The van der Waals surface area contributed by atoms with Crippen LogP contribution in [0.2, 0.25) is 5.02 Å². The summed E-state index contributed by atoms with van der Waals surface area (Å²) in [5.41, 5.74) is 1.95. The molecule has 32 heavy (non-hydrogen) atoms. The van der Waals surface area contributed by atoms with Crippen LogP contribution in [-0.2, 0) is 4.79 Å². The van der Waals surface area contributed by atoms with Crippen LogP contribution in [0.15, 0.2) is 43.1 Å². The van der Waals surface area contributed by atoms with Crippen LogP contribution in [-0.4, -0.2) is 33.9 Å². The topological polar surface area (TPSA) is 71.0 Å². The molecule has 2 aliphatic rings. The predicted molar refractivity (Wildman–Crippen MR) is 127 cm³/mol. The summed E-state index contributed by atoms with van der Waals surface area (Å²) >= 11 is 6.60. The van der Waals surface area contributed by atoms with Gasteiger partial charge in [-0.25, -0.2) is 15.0 Å². The van der Waals surface area contributed by atoms with Gasteiger partial charge in [0.1, 0.15) is 12.1 Å². The minimum Gasteiger partial charge on any atom is -0.370 e. The molecule has 1 aromatic carbocycles. The molecule has 0 unspecified atom stereocenters. The quantitative estimate of drug-likeness (QED) is 0.591. The van der Waals surface area contributed by atoms with E-state index in [4.69, 9.17) is 18.0 Å². The van der Waals surface area contributed by atoms with Crippen molar-refractivity contribution in [3.8, 4) is 12.3 Å². The first-order valence-electron chi connectivity index (χ1n) is 10.8. The monoisotopic (exact) mass is 445 g/mol. The maximum Gasteiger partial charge on any atom is 0.229 e. The Morgan fingerprint density at radius 1 is 1.19 bits per heavy atom. The summed E-state index contributed by atoms with van der Waals surface area (Å²) in [4.78, 5) is 27.5. The number of hydrogen-bond donors (Lipinski definition) is 1. The maximum absolute atomic E-state index is 12.7. The van der Waals surface area contributed by atoms with Gasteiger partial charge in [-0.3, -0.25) is 4.79 Å². The highest BCUT2D eigenvalue weighted by molar-refractivity contribution is 6.34. The van der Waals surface area contributed by atoms with Crippen molar-refractivity contribution in [3.63, 3.8) is 0 Å². The highest BCUT2D eigenvalue weighted by Gasteiger charge is 2.44. The lowest BCUT2D eigenvalue weighted by molar-refractivity contribution is -0.117. The van der Waals surface area contributed by atoms with Crippen LogP contribution in [0, 0.1) is 23.7 Å². The number of carbonyl (C=O) groups is 1. The Morgan fingerprint density at radius 3 is 2.66 bits per heavy atom. The second-order valence-corrected chi connectivity index (χ2v) is 9.43. The zero-order chi connectivity index (χ0) is 22.3. The van der Waals surface area contributed by atoms with Gasteiger partial charge >= 0.3 is 0 Å². The largest absolute Gasteiger partial charge is 0.370 e. The SMILES string of the molecule is C#CC1(C)CCN(c2cc3cc(NC(=O)[C@H]4C[C@@H]4c4cncnc4)ncc3cc2Cl)CC1. The van der Waals surface area contributed by atoms with Gasteiger partial charge in [-0.15, -0.1) is 12.3 Å². The summed E-state index contributed by atoms with van der Waals surface area (Å²) in [7, 11) is 0. The number of terminal acetylenes is 1. The first kappa shape index (κ1) is 20.7. The molecule has 0 spiro atoms.